The third kappa shape index (κ3) is 3.79. The van der Waals surface area contributed by atoms with Gasteiger partial charge in [-0.2, -0.15) is 0 Å². The fraction of sp³-hybridized carbons (Fsp3) is 0.316. The molecule has 2 aromatic carbocycles. The molecule has 1 atom stereocenters. The third-order valence-electron chi connectivity index (χ3n) is 3.71. The Labute approximate surface area is 141 Å². The van der Waals surface area contributed by atoms with Gasteiger partial charge in [-0.15, -0.1) is 0 Å². The van der Waals surface area contributed by atoms with Crippen molar-refractivity contribution < 1.29 is 19.4 Å². The van der Waals surface area contributed by atoms with Gasteiger partial charge < -0.3 is 19.9 Å². The number of nitrogens with one attached hydrogen (secondary N) is 1. The summed E-state index contributed by atoms with van der Waals surface area (Å²) < 4.78 is 11.4. The van der Waals surface area contributed by atoms with Crippen molar-refractivity contribution in [2.24, 2.45) is 5.92 Å². The average molecular weight is 327 g/mol. The molecule has 0 aliphatic carbocycles. The second-order valence-corrected chi connectivity index (χ2v) is 6.33. The first-order valence-corrected chi connectivity index (χ1v) is 8.03. The van der Waals surface area contributed by atoms with E-state index in [0.717, 1.165) is 11.3 Å². The molecular weight excluding hydrogens is 306 g/mol. The summed E-state index contributed by atoms with van der Waals surface area (Å²) in [6, 6.07) is 12.4. The van der Waals surface area contributed by atoms with Crippen LogP contribution in [0.15, 0.2) is 42.5 Å². The Bertz CT molecular complexity index is 725. The summed E-state index contributed by atoms with van der Waals surface area (Å²) in [6.07, 6.45) is -0.124. The van der Waals surface area contributed by atoms with Crippen molar-refractivity contribution in [3.63, 3.8) is 0 Å². The van der Waals surface area contributed by atoms with Gasteiger partial charge in [-0.05, 0) is 35.7 Å². The van der Waals surface area contributed by atoms with Gasteiger partial charge in [0.25, 0.3) is 5.91 Å². The van der Waals surface area contributed by atoms with Gasteiger partial charge in [0.2, 0.25) is 0 Å². The molecule has 0 fully saturated rings. The van der Waals surface area contributed by atoms with Gasteiger partial charge in [-0.25, -0.2) is 0 Å². The van der Waals surface area contributed by atoms with Gasteiger partial charge in [0.15, 0.2) is 6.10 Å². The normalized spacial score (nSPS) is 16.3. The first-order valence-electron chi connectivity index (χ1n) is 8.03. The topological polar surface area (TPSA) is 67.8 Å². The SMILES string of the molecule is CC(C)COc1ccc(CC2Oc3ccc(O)cc3NC2=O)cc1. The highest BCUT2D eigenvalue weighted by molar-refractivity contribution is 5.98. The summed E-state index contributed by atoms with van der Waals surface area (Å²) in [7, 11) is 0. The Morgan fingerprint density at radius 3 is 2.67 bits per heavy atom. The average Bonchev–Trinajstić information content (AvgIpc) is 2.55. The van der Waals surface area contributed by atoms with E-state index in [4.69, 9.17) is 9.47 Å². The number of ether oxygens (including phenoxy) is 2. The molecule has 1 unspecified atom stereocenters. The number of carbonyl (C=O) groups is 1. The lowest BCUT2D eigenvalue weighted by atomic mass is 10.1. The van der Waals surface area contributed by atoms with Crippen LogP contribution in [0.4, 0.5) is 5.69 Å². The van der Waals surface area contributed by atoms with Gasteiger partial charge in [0, 0.05) is 12.5 Å². The molecule has 2 N–H and O–H groups in total. The van der Waals surface area contributed by atoms with Gasteiger partial charge in [0.05, 0.1) is 12.3 Å². The third-order valence-corrected chi connectivity index (χ3v) is 3.71. The summed E-state index contributed by atoms with van der Waals surface area (Å²) in [5.74, 6) is 1.74. The van der Waals surface area contributed by atoms with Crippen molar-refractivity contribution in [3.8, 4) is 17.2 Å². The van der Waals surface area contributed by atoms with Gasteiger partial charge in [-0.1, -0.05) is 26.0 Å². The lowest BCUT2D eigenvalue weighted by Gasteiger charge is -2.26. The van der Waals surface area contributed by atoms with E-state index in [1.165, 1.54) is 12.1 Å². The minimum Gasteiger partial charge on any atom is -0.508 e. The number of anilines is 1. The fourth-order valence-corrected chi connectivity index (χ4v) is 2.47. The maximum atomic E-state index is 12.2. The molecule has 2 aromatic rings. The van der Waals surface area contributed by atoms with Gasteiger partial charge >= 0.3 is 0 Å². The zero-order valence-electron chi connectivity index (χ0n) is 13.8. The van der Waals surface area contributed by atoms with Crippen LogP contribution in [0.1, 0.15) is 19.4 Å². The Balaban J connectivity index is 1.65. The molecule has 5 nitrogen and oxygen atoms in total. The first kappa shape index (κ1) is 16.2. The zero-order valence-corrected chi connectivity index (χ0v) is 13.8. The maximum Gasteiger partial charge on any atom is 0.265 e. The van der Waals surface area contributed by atoms with E-state index in [1.807, 2.05) is 24.3 Å². The minimum absolute atomic E-state index is 0.0908. The Morgan fingerprint density at radius 2 is 1.96 bits per heavy atom. The molecule has 24 heavy (non-hydrogen) atoms. The molecule has 1 heterocycles. The maximum absolute atomic E-state index is 12.2. The number of hydrogen-bond acceptors (Lipinski definition) is 4. The molecule has 0 saturated heterocycles. The quantitative estimate of drug-likeness (QED) is 0.883. The lowest BCUT2D eigenvalue weighted by molar-refractivity contribution is -0.123. The first-order chi connectivity index (χ1) is 11.5. The molecule has 0 bridgehead atoms. The van der Waals surface area contributed by atoms with Crippen LogP contribution in [-0.2, 0) is 11.2 Å². The number of phenolic OH excluding ortho intramolecular Hbond substituents is 1. The van der Waals surface area contributed by atoms with Gasteiger partial charge in [-0.3, -0.25) is 4.79 Å². The zero-order chi connectivity index (χ0) is 17.1. The predicted molar refractivity (Wildman–Crippen MR) is 91.6 cm³/mol. The van der Waals surface area contributed by atoms with Crippen molar-refractivity contribution >= 4 is 11.6 Å². The van der Waals surface area contributed by atoms with E-state index in [1.54, 1.807) is 6.07 Å². The number of benzene rings is 2. The van der Waals surface area contributed by atoms with Crippen LogP contribution < -0.4 is 14.8 Å². The van der Waals surface area contributed by atoms with Crippen LogP contribution in [0.25, 0.3) is 0 Å². The van der Waals surface area contributed by atoms with Crippen molar-refractivity contribution in [2.75, 3.05) is 11.9 Å². The molecule has 126 valence electrons. The summed E-state index contributed by atoms with van der Waals surface area (Å²) >= 11 is 0. The van der Waals surface area contributed by atoms with E-state index >= 15 is 0 Å². The predicted octanol–water partition coefficient (Wildman–Crippen LogP) is 3.37. The molecule has 5 heteroatoms. The molecule has 0 saturated carbocycles. The highest BCUT2D eigenvalue weighted by Crippen LogP contribution is 2.33. The van der Waals surface area contributed by atoms with Crippen LogP contribution in [0.2, 0.25) is 0 Å². The standard InChI is InChI=1S/C19H21NO4/c1-12(2)11-23-15-6-3-13(4-7-15)9-18-19(22)20-16-10-14(21)5-8-17(16)24-18/h3-8,10,12,18,21H,9,11H2,1-2H3,(H,20,22). The number of rotatable bonds is 5. The highest BCUT2D eigenvalue weighted by atomic mass is 16.5. The molecule has 0 aromatic heterocycles. The molecule has 3 rings (SSSR count). The second kappa shape index (κ2) is 6.83. The molecule has 1 aliphatic heterocycles. The molecular formula is C19H21NO4. The van der Waals surface area contributed by atoms with E-state index in [0.29, 0.717) is 30.4 Å². The van der Waals surface area contributed by atoms with E-state index in [2.05, 4.69) is 19.2 Å². The second-order valence-electron chi connectivity index (χ2n) is 6.33. The number of hydrogen-bond donors (Lipinski definition) is 2. The minimum atomic E-state index is -0.593. The number of amides is 1. The van der Waals surface area contributed by atoms with E-state index in [9.17, 15) is 9.90 Å². The Hall–Kier alpha value is -2.69. The van der Waals surface area contributed by atoms with Crippen LogP contribution in [0, 0.1) is 5.92 Å². The number of aromatic hydroxyl groups is 1. The molecule has 0 radical (unpaired) electrons. The lowest BCUT2D eigenvalue weighted by Crippen LogP contribution is -2.38. The van der Waals surface area contributed by atoms with Crippen LogP contribution in [0.5, 0.6) is 17.2 Å². The summed E-state index contributed by atoms with van der Waals surface area (Å²) in [5, 5.41) is 12.2. The number of phenols is 1. The van der Waals surface area contributed by atoms with Crippen LogP contribution in [0.3, 0.4) is 0 Å². The van der Waals surface area contributed by atoms with E-state index in [-0.39, 0.29) is 11.7 Å². The Morgan fingerprint density at radius 1 is 1.21 bits per heavy atom. The van der Waals surface area contributed by atoms with E-state index < -0.39 is 6.10 Å². The highest BCUT2D eigenvalue weighted by Gasteiger charge is 2.27. The molecule has 1 aliphatic rings. The van der Waals surface area contributed by atoms with Crippen molar-refractivity contribution in [1.82, 2.24) is 0 Å². The van der Waals surface area contributed by atoms with Gasteiger partial charge in [0.1, 0.15) is 17.2 Å². The monoisotopic (exact) mass is 327 g/mol. The van der Waals surface area contributed by atoms with Crippen molar-refractivity contribution in [3.05, 3.63) is 48.0 Å². The summed E-state index contributed by atoms with van der Waals surface area (Å²) in [6.45, 7) is 4.88. The Kier molecular flexibility index (Phi) is 4.60. The number of carbonyl (C=O) groups excluding carboxylic acids is 1. The largest absolute Gasteiger partial charge is 0.508 e. The van der Waals surface area contributed by atoms with Crippen LogP contribution >= 0.6 is 0 Å². The smallest absolute Gasteiger partial charge is 0.265 e. The van der Waals surface area contributed by atoms with Crippen LogP contribution in [-0.4, -0.2) is 23.7 Å². The van der Waals surface area contributed by atoms with Crippen molar-refractivity contribution in [2.45, 2.75) is 26.4 Å². The van der Waals surface area contributed by atoms with Crippen molar-refractivity contribution in [1.29, 1.82) is 0 Å². The number of fused-ring (bicyclic) bond motifs is 1. The molecule has 0 spiro atoms. The molecule has 1 amide bonds. The summed E-state index contributed by atoms with van der Waals surface area (Å²) in [4.78, 5) is 12.2. The summed E-state index contributed by atoms with van der Waals surface area (Å²) in [5.41, 5.74) is 1.49. The fourth-order valence-electron chi connectivity index (χ4n) is 2.47.